The van der Waals surface area contributed by atoms with Crippen LogP contribution in [0, 0.1) is 5.92 Å². The quantitative estimate of drug-likeness (QED) is 0.717. The molecule has 1 unspecified atom stereocenters. The van der Waals surface area contributed by atoms with Gasteiger partial charge in [0.1, 0.15) is 5.52 Å². The van der Waals surface area contributed by atoms with Gasteiger partial charge in [-0.25, -0.2) is 4.98 Å². The number of rotatable bonds is 4. The predicted octanol–water partition coefficient (Wildman–Crippen LogP) is 4.60. The third-order valence-electron chi connectivity index (χ3n) is 5.59. The van der Waals surface area contributed by atoms with Crippen molar-refractivity contribution < 1.29 is 22.8 Å². The van der Waals surface area contributed by atoms with Crippen molar-refractivity contribution in [2.45, 2.75) is 50.4 Å². The molecule has 2 N–H and O–H groups in total. The molecule has 1 fully saturated rings. The van der Waals surface area contributed by atoms with Gasteiger partial charge in [-0.3, -0.25) is 19.5 Å². The summed E-state index contributed by atoms with van der Waals surface area (Å²) in [6.07, 6.45) is -0.666. The molecule has 2 amide bonds. The first-order chi connectivity index (χ1) is 13.6. The van der Waals surface area contributed by atoms with E-state index >= 15 is 0 Å². The summed E-state index contributed by atoms with van der Waals surface area (Å²) >= 11 is 12.0. The molecular weight excluding hydrogens is 432 g/mol. The van der Waals surface area contributed by atoms with Gasteiger partial charge in [-0.1, -0.05) is 48.9 Å². The van der Waals surface area contributed by atoms with Gasteiger partial charge in [0.2, 0.25) is 11.9 Å². The molecule has 2 aliphatic rings. The summed E-state index contributed by atoms with van der Waals surface area (Å²) in [6, 6.07) is 2.60. The maximum atomic E-state index is 14.2. The lowest BCUT2D eigenvalue weighted by atomic mass is 10.0. The van der Waals surface area contributed by atoms with Crippen molar-refractivity contribution in [3.05, 3.63) is 22.2 Å². The molecule has 4 rings (SSSR count). The van der Waals surface area contributed by atoms with E-state index < -0.39 is 23.7 Å². The summed E-state index contributed by atoms with van der Waals surface area (Å²) in [5.41, 5.74) is -3.37. The zero-order valence-corrected chi connectivity index (χ0v) is 16.6. The van der Waals surface area contributed by atoms with Crippen LogP contribution >= 0.6 is 23.2 Å². The fourth-order valence-corrected chi connectivity index (χ4v) is 4.50. The number of alkyl halides is 3. The van der Waals surface area contributed by atoms with Crippen molar-refractivity contribution in [3.8, 4) is 0 Å². The number of fused-ring (bicyclic) bond motifs is 3. The summed E-state index contributed by atoms with van der Waals surface area (Å²) in [4.78, 5) is 28.9. The molecule has 156 valence electrons. The first-order valence-corrected chi connectivity index (χ1v) is 9.97. The summed E-state index contributed by atoms with van der Waals surface area (Å²) in [5.74, 6) is -2.30. The molecule has 0 radical (unpaired) electrons. The van der Waals surface area contributed by atoms with E-state index in [1.54, 1.807) is 0 Å². The molecule has 1 aliphatic heterocycles. The molecule has 29 heavy (non-hydrogen) atoms. The lowest BCUT2D eigenvalue weighted by molar-refractivity contribution is -0.217. The molecule has 1 aliphatic carbocycles. The largest absolute Gasteiger partial charge is 0.440 e. The smallest absolute Gasteiger partial charge is 0.317 e. The maximum absolute atomic E-state index is 14.2. The number of carbonyl (C=O) groups is 2. The van der Waals surface area contributed by atoms with E-state index in [1.807, 2.05) is 5.32 Å². The first-order valence-electron chi connectivity index (χ1n) is 9.21. The van der Waals surface area contributed by atoms with Crippen molar-refractivity contribution in [2.75, 3.05) is 5.32 Å². The Kier molecular flexibility index (Phi) is 4.93. The molecule has 0 spiro atoms. The highest BCUT2D eigenvalue weighted by Crippen LogP contribution is 2.45. The van der Waals surface area contributed by atoms with Gasteiger partial charge in [-0.2, -0.15) is 13.2 Å². The Morgan fingerprint density at radius 1 is 1.31 bits per heavy atom. The fourth-order valence-electron chi connectivity index (χ4n) is 4.14. The zero-order valence-electron chi connectivity index (χ0n) is 15.1. The topological polar surface area (TPSA) is 76.0 Å². The van der Waals surface area contributed by atoms with Gasteiger partial charge in [-0.15, -0.1) is 0 Å². The van der Waals surface area contributed by atoms with Gasteiger partial charge in [0.25, 0.3) is 11.6 Å². The van der Waals surface area contributed by atoms with Gasteiger partial charge >= 0.3 is 6.18 Å². The average molecular weight is 449 g/mol. The van der Waals surface area contributed by atoms with Crippen molar-refractivity contribution in [2.24, 2.45) is 5.92 Å². The van der Waals surface area contributed by atoms with Crippen LogP contribution in [0.1, 0.15) is 38.5 Å². The lowest BCUT2D eigenvalue weighted by Gasteiger charge is -2.32. The third-order valence-corrected chi connectivity index (χ3v) is 6.39. The Hall–Kier alpha value is -2.00. The number of anilines is 1. The molecule has 2 heterocycles. The normalized spacial score (nSPS) is 22.2. The van der Waals surface area contributed by atoms with Crippen LogP contribution in [0.25, 0.3) is 11.0 Å². The second-order valence-electron chi connectivity index (χ2n) is 7.40. The van der Waals surface area contributed by atoms with Crippen LogP contribution in [0.2, 0.25) is 10.0 Å². The minimum Gasteiger partial charge on any atom is -0.317 e. The number of nitrogens with zero attached hydrogens (tertiary/aromatic N) is 2. The number of hydrogen-bond donors (Lipinski definition) is 2. The van der Waals surface area contributed by atoms with Gasteiger partial charge in [0, 0.05) is 6.42 Å². The van der Waals surface area contributed by atoms with E-state index in [4.69, 9.17) is 23.2 Å². The van der Waals surface area contributed by atoms with E-state index in [9.17, 15) is 22.8 Å². The molecule has 0 saturated heterocycles. The van der Waals surface area contributed by atoms with Crippen LogP contribution in [0.5, 0.6) is 0 Å². The molecule has 2 aromatic rings. The lowest BCUT2D eigenvalue weighted by Crippen LogP contribution is -2.63. The SMILES string of the molecule is O=C(CCC1CCCC1)NC1(C(F)(F)F)C(=O)Nc2nc3c(Cl)c(Cl)ccc3n21. The predicted molar refractivity (Wildman–Crippen MR) is 102 cm³/mol. The third kappa shape index (κ3) is 3.15. The highest BCUT2D eigenvalue weighted by Gasteiger charge is 2.67. The molecule has 1 saturated carbocycles. The highest BCUT2D eigenvalue weighted by molar-refractivity contribution is 6.45. The second kappa shape index (κ2) is 7.05. The fraction of sp³-hybridized carbons (Fsp3) is 0.500. The molecule has 6 nitrogen and oxygen atoms in total. The molecule has 0 bridgehead atoms. The zero-order chi connectivity index (χ0) is 21.0. The van der Waals surface area contributed by atoms with Crippen LogP contribution < -0.4 is 10.6 Å². The standard InChI is InChI=1S/C18H17Cl2F3N4O2/c19-10-6-7-11-14(13(10)20)24-16-25-15(29)17(27(11)16,18(21,22)23)26-12(28)8-5-9-3-1-2-4-9/h6-7,9H,1-5,8H2,(H,26,28)(H,24,25,29). The first kappa shape index (κ1) is 20.3. The second-order valence-corrected chi connectivity index (χ2v) is 8.18. The van der Waals surface area contributed by atoms with Crippen LogP contribution in [0.3, 0.4) is 0 Å². The molecule has 1 aromatic carbocycles. The van der Waals surface area contributed by atoms with Gasteiger partial charge in [0.15, 0.2) is 0 Å². The number of imidazole rings is 1. The molecule has 1 atom stereocenters. The number of hydrogen-bond acceptors (Lipinski definition) is 3. The Bertz CT molecular complexity index is 1000. The summed E-state index contributed by atoms with van der Waals surface area (Å²) < 4.78 is 43.4. The van der Waals surface area contributed by atoms with Crippen molar-refractivity contribution in [1.29, 1.82) is 0 Å². The summed E-state index contributed by atoms with van der Waals surface area (Å²) in [5, 5.41) is 4.13. The minimum atomic E-state index is -5.12. The number of aromatic nitrogens is 2. The van der Waals surface area contributed by atoms with E-state index in [2.05, 4.69) is 10.3 Å². The number of halogens is 5. The number of benzene rings is 1. The minimum absolute atomic E-state index is 0.00277. The number of nitrogens with one attached hydrogen (secondary N) is 2. The average Bonchev–Trinajstić information content (AvgIpc) is 3.33. The van der Waals surface area contributed by atoms with Gasteiger partial charge in [0.05, 0.1) is 15.6 Å². The monoisotopic (exact) mass is 448 g/mol. The van der Waals surface area contributed by atoms with E-state index in [0.717, 1.165) is 25.7 Å². The van der Waals surface area contributed by atoms with E-state index in [-0.39, 0.29) is 33.4 Å². The van der Waals surface area contributed by atoms with E-state index in [0.29, 0.717) is 16.9 Å². The van der Waals surface area contributed by atoms with E-state index in [1.165, 1.54) is 12.1 Å². The van der Waals surface area contributed by atoms with Crippen LogP contribution in [0.4, 0.5) is 19.1 Å². The van der Waals surface area contributed by atoms with Crippen LogP contribution in [-0.2, 0) is 15.3 Å². The molecule has 11 heteroatoms. The highest BCUT2D eigenvalue weighted by atomic mass is 35.5. The Morgan fingerprint density at radius 3 is 2.66 bits per heavy atom. The Balaban J connectivity index is 1.74. The summed E-state index contributed by atoms with van der Waals surface area (Å²) in [7, 11) is 0. The summed E-state index contributed by atoms with van der Waals surface area (Å²) in [6.45, 7) is 0. The Labute approximate surface area is 173 Å². The van der Waals surface area contributed by atoms with Gasteiger partial charge in [-0.05, 0) is 24.5 Å². The van der Waals surface area contributed by atoms with Crippen molar-refractivity contribution in [3.63, 3.8) is 0 Å². The Morgan fingerprint density at radius 2 is 2.00 bits per heavy atom. The van der Waals surface area contributed by atoms with Crippen LogP contribution in [0.15, 0.2) is 12.1 Å². The van der Waals surface area contributed by atoms with Crippen molar-refractivity contribution >= 4 is 52.0 Å². The molecular formula is C18H17Cl2F3N4O2. The van der Waals surface area contributed by atoms with Gasteiger partial charge < -0.3 is 5.32 Å². The van der Waals surface area contributed by atoms with Crippen LogP contribution in [-0.4, -0.2) is 27.5 Å². The number of amides is 2. The maximum Gasteiger partial charge on any atom is 0.440 e. The van der Waals surface area contributed by atoms with Crippen molar-refractivity contribution in [1.82, 2.24) is 14.9 Å². The molecule has 1 aromatic heterocycles. The number of carbonyl (C=O) groups excluding carboxylic acids is 2.